The minimum Gasteiger partial charge on any atom is -0.872 e. The number of hydrogen-bond acceptors (Lipinski definition) is 9. The topological polar surface area (TPSA) is 153 Å². The SMILES string of the molecule is CC(=O)OCC[C@H]1c2c(cc3c(c2[O-])C(=O)c2c(O)cc(O)cc2C3=O)O[C@@H]1O. The molecule has 0 saturated carbocycles. The zero-order valence-corrected chi connectivity index (χ0v) is 15.1. The summed E-state index contributed by atoms with van der Waals surface area (Å²) in [6, 6.07) is 3.14. The molecule has 0 spiro atoms. The summed E-state index contributed by atoms with van der Waals surface area (Å²) in [5, 5.41) is 43.0. The van der Waals surface area contributed by atoms with Gasteiger partial charge in [-0.05, 0) is 24.1 Å². The number of phenolic OH excluding ortho intramolecular Hbond substituents is 2. The van der Waals surface area contributed by atoms with Crippen LogP contribution in [0.3, 0.4) is 0 Å². The number of carbonyl (C=O) groups is 3. The average molecular weight is 399 g/mol. The molecule has 2 aliphatic rings. The number of fused-ring (bicyclic) bond motifs is 3. The standard InChI is InChI=1S/C20H16O9/c1-7(21)28-3-2-9-15-13(29-20(9)27)6-11-16(19(15)26)18(25)14-10(17(11)24)4-8(22)5-12(14)23/h4-6,9,20,22-23,26-27H,2-3H2,1H3/p-1/t9-,20-/m0/s1. The normalized spacial score (nSPS) is 19.2. The van der Waals surface area contributed by atoms with E-state index in [2.05, 4.69) is 0 Å². The summed E-state index contributed by atoms with van der Waals surface area (Å²) >= 11 is 0. The van der Waals surface area contributed by atoms with Gasteiger partial charge in [-0.2, -0.15) is 0 Å². The second-order valence-electron chi connectivity index (χ2n) is 6.83. The number of carbonyl (C=O) groups excluding carboxylic acids is 3. The van der Waals surface area contributed by atoms with Crippen molar-refractivity contribution in [2.24, 2.45) is 0 Å². The summed E-state index contributed by atoms with van der Waals surface area (Å²) < 4.78 is 10.1. The van der Waals surface area contributed by atoms with Crippen molar-refractivity contribution in [3.05, 3.63) is 46.0 Å². The van der Waals surface area contributed by atoms with Crippen molar-refractivity contribution in [3.63, 3.8) is 0 Å². The Morgan fingerprint density at radius 1 is 1.14 bits per heavy atom. The van der Waals surface area contributed by atoms with Crippen LogP contribution in [0.1, 0.15) is 56.7 Å². The zero-order valence-electron chi connectivity index (χ0n) is 15.1. The summed E-state index contributed by atoms with van der Waals surface area (Å²) in [5.74, 6) is -4.84. The van der Waals surface area contributed by atoms with E-state index in [9.17, 15) is 34.8 Å². The van der Waals surface area contributed by atoms with E-state index in [-0.39, 0.29) is 41.0 Å². The number of benzene rings is 2. The van der Waals surface area contributed by atoms with E-state index < -0.39 is 52.6 Å². The van der Waals surface area contributed by atoms with E-state index in [0.29, 0.717) is 0 Å². The smallest absolute Gasteiger partial charge is 0.302 e. The Morgan fingerprint density at radius 3 is 2.52 bits per heavy atom. The molecule has 1 aliphatic carbocycles. The fraction of sp³-hybridized carbons (Fsp3) is 0.250. The summed E-state index contributed by atoms with van der Waals surface area (Å²) in [4.78, 5) is 36.7. The number of phenols is 2. The Morgan fingerprint density at radius 2 is 1.83 bits per heavy atom. The van der Waals surface area contributed by atoms with E-state index >= 15 is 0 Å². The van der Waals surface area contributed by atoms with Crippen molar-refractivity contribution in [2.75, 3.05) is 6.61 Å². The maximum atomic E-state index is 13.1. The number of aliphatic hydroxyl groups is 1. The molecule has 0 bridgehead atoms. The van der Waals surface area contributed by atoms with Crippen LogP contribution in [-0.2, 0) is 9.53 Å². The first-order chi connectivity index (χ1) is 13.7. The summed E-state index contributed by atoms with van der Waals surface area (Å²) in [6.45, 7) is 1.14. The van der Waals surface area contributed by atoms with Gasteiger partial charge in [-0.1, -0.05) is 5.75 Å². The molecule has 4 rings (SSSR count). The molecule has 1 aliphatic heterocycles. The lowest BCUT2D eigenvalue weighted by Gasteiger charge is -2.26. The van der Waals surface area contributed by atoms with E-state index in [4.69, 9.17) is 9.47 Å². The predicted molar refractivity (Wildman–Crippen MR) is 93.2 cm³/mol. The zero-order chi connectivity index (χ0) is 21.0. The van der Waals surface area contributed by atoms with Crippen LogP contribution in [0.5, 0.6) is 23.0 Å². The first-order valence-electron chi connectivity index (χ1n) is 8.72. The lowest BCUT2D eigenvalue weighted by Crippen LogP contribution is -2.24. The quantitative estimate of drug-likeness (QED) is 0.540. The van der Waals surface area contributed by atoms with Crippen molar-refractivity contribution in [2.45, 2.75) is 25.6 Å². The molecule has 150 valence electrons. The molecule has 2 aromatic carbocycles. The molecule has 2 atom stereocenters. The van der Waals surface area contributed by atoms with Gasteiger partial charge < -0.3 is 29.9 Å². The lowest BCUT2D eigenvalue weighted by atomic mass is 9.80. The number of hydrogen-bond donors (Lipinski definition) is 3. The van der Waals surface area contributed by atoms with Gasteiger partial charge in [0.1, 0.15) is 17.2 Å². The Labute approximate surface area is 163 Å². The number of esters is 1. The maximum Gasteiger partial charge on any atom is 0.302 e. The van der Waals surface area contributed by atoms with Crippen LogP contribution < -0.4 is 9.84 Å². The highest BCUT2D eigenvalue weighted by Crippen LogP contribution is 2.49. The highest BCUT2D eigenvalue weighted by molar-refractivity contribution is 6.30. The van der Waals surface area contributed by atoms with E-state index in [1.165, 1.54) is 13.0 Å². The second-order valence-corrected chi connectivity index (χ2v) is 6.83. The summed E-state index contributed by atoms with van der Waals surface area (Å²) in [7, 11) is 0. The predicted octanol–water partition coefficient (Wildman–Crippen LogP) is 0.694. The number of ketones is 2. The Kier molecular flexibility index (Phi) is 4.20. The molecule has 3 N–H and O–H groups in total. The van der Waals surface area contributed by atoms with Gasteiger partial charge >= 0.3 is 5.97 Å². The van der Waals surface area contributed by atoms with Crippen LogP contribution in [0.4, 0.5) is 0 Å². The molecular formula is C20H15O9-. The van der Waals surface area contributed by atoms with Gasteiger partial charge in [0.05, 0.1) is 18.1 Å². The minimum absolute atomic E-state index is 0.00581. The highest BCUT2D eigenvalue weighted by Gasteiger charge is 2.40. The number of rotatable bonds is 3. The molecule has 1 heterocycles. The van der Waals surface area contributed by atoms with Crippen molar-refractivity contribution < 1.29 is 44.3 Å². The van der Waals surface area contributed by atoms with Crippen LogP contribution >= 0.6 is 0 Å². The first-order valence-corrected chi connectivity index (χ1v) is 8.72. The Hall–Kier alpha value is -3.59. The van der Waals surface area contributed by atoms with Gasteiger partial charge in [0, 0.05) is 29.7 Å². The fourth-order valence-corrected chi connectivity index (χ4v) is 3.77. The Bertz CT molecular complexity index is 1090. The molecule has 0 amide bonds. The molecule has 0 aromatic heterocycles. The Balaban J connectivity index is 1.83. The molecule has 9 heteroatoms. The third-order valence-electron chi connectivity index (χ3n) is 5.02. The lowest BCUT2D eigenvalue weighted by molar-refractivity contribution is -0.270. The van der Waals surface area contributed by atoms with Gasteiger partial charge in [-0.25, -0.2) is 0 Å². The average Bonchev–Trinajstić information content (AvgIpc) is 2.94. The van der Waals surface area contributed by atoms with Crippen molar-refractivity contribution in [1.29, 1.82) is 0 Å². The molecule has 0 radical (unpaired) electrons. The first kappa shape index (κ1) is 18.8. The third kappa shape index (κ3) is 2.78. The van der Waals surface area contributed by atoms with Gasteiger partial charge in [-0.15, -0.1) is 0 Å². The maximum absolute atomic E-state index is 13.1. The molecule has 0 saturated heterocycles. The van der Waals surface area contributed by atoms with E-state index in [1.54, 1.807) is 0 Å². The second kappa shape index (κ2) is 6.49. The minimum atomic E-state index is -1.41. The molecule has 0 fully saturated rings. The fourth-order valence-electron chi connectivity index (χ4n) is 3.77. The molecule has 0 unspecified atom stereocenters. The third-order valence-corrected chi connectivity index (χ3v) is 5.02. The molecule has 29 heavy (non-hydrogen) atoms. The highest BCUT2D eigenvalue weighted by atomic mass is 16.6. The monoisotopic (exact) mass is 399 g/mol. The van der Waals surface area contributed by atoms with Gasteiger partial charge in [0.25, 0.3) is 0 Å². The van der Waals surface area contributed by atoms with Crippen LogP contribution in [-0.4, -0.2) is 45.8 Å². The van der Waals surface area contributed by atoms with Gasteiger partial charge in [0.2, 0.25) is 6.29 Å². The van der Waals surface area contributed by atoms with E-state index in [1.807, 2.05) is 0 Å². The van der Waals surface area contributed by atoms with Crippen molar-refractivity contribution in [3.8, 4) is 23.0 Å². The van der Waals surface area contributed by atoms with Gasteiger partial charge in [-0.3, -0.25) is 14.4 Å². The summed E-state index contributed by atoms with van der Waals surface area (Å²) in [6.07, 6.45) is -1.35. The number of aromatic hydroxyl groups is 2. The van der Waals surface area contributed by atoms with Gasteiger partial charge in [0.15, 0.2) is 11.6 Å². The van der Waals surface area contributed by atoms with Crippen LogP contribution in [0.2, 0.25) is 0 Å². The number of ether oxygens (including phenoxy) is 2. The van der Waals surface area contributed by atoms with Crippen LogP contribution in [0.25, 0.3) is 0 Å². The van der Waals surface area contributed by atoms with Crippen LogP contribution in [0, 0.1) is 0 Å². The largest absolute Gasteiger partial charge is 0.872 e. The molecule has 2 aromatic rings. The molecule has 9 nitrogen and oxygen atoms in total. The van der Waals surface area contributed by atoms with E-state index in [0.717, 1.165) is 12.1 Å². The van der Waals surface area contributed by atoms with Crippen molar-refractivity contribution in [1.82, 2.24) is 0 Å². The van der Waals surface area contributed by atoms with Crippen molar-refractivity contribution >= 4 is 17.5 Å². The van der Waals surface area contributed by atoms with Crippen LogP contribution in [0.15, 0.2) is 18.2 Å². The molecular weight excluding hydrogens is 384 g/mol. The summed E-state index contributed by atoms with van der Waals surface area (Å²) in [5.41, 5.74) is -1.26. The number of aliphatic hydroxyl groups excluding tert-OH is 1.